The molecule has 0 bridgehead atoms. The van der Waals surface area contributed by atoms with Gasteiger partial charge in [-0.2, -0.15) is 4.31 Å². The molecule has 1 aromatic heterocycles. The van der Waals surface area contributed by atoms with Crippen LogP contribution in [-0.2, 0) is 29.5 Å². The Morgan fingerprint density at radius 2 is 1.78 bits per heavy atom. The molecule has 36 heavy (non-hydrogen) atoms. The Morgan fingerprint density at radius 3 is 2.56 bits per heavy atom. The number of H-pyrrole nitrogens is 1. The summed E-state index contributed by atoms with van der Waals surface area (Å²) in [7, 11) is -3.91. The number of rotatable bonds is 7. The summed E-state index contributed by atoms with van der Waals surface area (Å²) in [6.07, 6.45) is 5.05. The maximum absolute atomic E-state index is 13.9. The van der Waals surface area contributed by atoms with E-state index in [9.17, 15) is 8.42 Å². The number of aromatic nitrogens is 2. The molecule has 0 saturated carbocycles. The summed E-state index contributed by atoms with van der Waals surface area (Å²) in [6, 6.07) is 22.7. The van der Waals surface area contributed by atoms with Crippen LogP contribution in [0, 0.1) is 0 Å². The van der Waals surface area contributed by atoms with Gasteiger partial charge in [0.05, 0.1) is 23.6 Å². The quantitative estimate of drug-likeness (QED) is 0.315. The normalized spacial score (nSPS) is 16.5. The van der Waals surface area contributed by atoms with Gasteiger partial charge in [-0.3, -0.25) is 0 Å². The lowest BCUT2D eigenvalue weighted by atomic mass is 10.0. The highest BCUT2D eigenvalue weighted by molar-refractivity contribution is 7.89. The van der Waals surface area contributed by atoms with Crippen molar-refractivity contribution in [3.05, 3.63) is 112 Å². The van der Waals surface area contributed by atoms with E-state index >= 15 is 0 Å². The lowest BCUT2D eigenvalue weighted by molar-refractivity contribution is 0.370. The van der Waals surface area contributed by atoms with E-state index < -0.39 is 10.0 Å². The third kappa shape index (κ3) is 5.30. The number of para-hydroxylation sites is 1. The molecule has 1 unspecified atom stereocenters. The molecule has 1 atom stereocenters. The Kier molecular flexibility index (Phi) is 7.34. The van der Waals surface area contributed by atoms with E-state index in [2.05, 4.69) is 33.1 Å². The van der Waals surface area contributed by atoms with Gasteiger partial charge in [-0.25, -0.2) is 13.4 Å². The minimum absolute atomic E-state index is 0.0259. The summed E-state index contributed by atoms with van der Waals surface area (Å²) in [6.45, 7) is 1.13. The summed E-state index contributed by atoms with van der Waals surface area (Å²) in [5, 5.41) is 0.488. The number of aryl methyl sites for hydroxylation is 1. The van der Waals surface area contributed by atoms with Crippen molar-refractivity contribution in [3.8, 4) is 0 Å². The summed E-state index contributed by atoms with van der Waals surface area (Å²) in [5.41, 5.74) is 4.12. The minimum atomic E-state index is -3.91. The van der Waals surface area contributed by atoms with Crippen LogP contribution in [0.3, 0.4) is 0 Å². The van der Waals surface area contributed by atoms with E-state index in [1.54, 1.807) is 12.4 Å². The van der Waals surface area contributed by atoms with Crippen molar-refractivity contribution in [2.45, 2.75) is 36.9 Å². The van der Waals surface area contributed by atoms with E-state index in [4.69, 9.17) is 23.2 Å². The maximum Gasteiger partial charge on any atom is 0.244 e. The van der Waals surface area contributed by atoms with Gasteiger partial charge >= 0.3 is 0 Å². The highest BCUT2D eigenvalue weighted by Gasteiger charge is 2.35. The first-order valence-electron chi connectivity index (χ1n) is 11.7. The van der Waals surface area contributed by atoms with Gasteiger partial charge in [0.15, 0.2) is 0 Å². The fraction of sp³-hybridized carbons (Fsp3) is 0.222. The zero-order chi connectivity index (χ0) is 25.1. The molecule has 0 spiro atoms. The second-order valence-corrected chi connectivity index (χ2v) is 11.6. The van der Waals surface area contributed by atoms with Crippen molar-refractivity contribution in [1.82, 2.24) is 14.3 Å². The second-order valence-electron chi connectivity index (χ2n) is 8.88. The fourth-order valence-electron chi connectivity index (χ4n) is 4.70. The summed E-state index contributed by atoms with van der Waals surface area (Å²) in [5.74, 6) is 0. The van der Waals surface area contributed by atoms with Gasteiger partial charge in [-0.1, -0.05) is 71.7 Å². The number of nitrogens with zero attached hydrogens (tertiary/aromatic N) is 3. The van der Waals surface area contributed by atoms with Crippen LogP contribution in [0.4, 0.5) is 5.69 Å². The van der Waals surface area contributed by atoms with Gasteiger partial charge in [-0.15, -0.1) is 0 Å². The van der Waals surface area contributed by atoms with Crippen LogP contribution in [0.2, 0.25) is 10.0 Å². The number of nitrogens with one attached hydrogen (secondary N) is 1. The Hall–Kier alpha value is -2.84. The number of sulfonamides is 1. The van der Waals surface area contributed by atoms with Crippen LogP contribution in [0.1, 0.15) is 23.2 Å². The molecule has 0 aliphatic carbocycles. The van der Waals surface area contributed by atoms with Crippen molar-refractivity contribution in [2.24, 2.45) is 0 Å². The Bertz CT molecular complexity index is 1430. The average molecular weight is 542 g/mol. The standard InChI is InChI=1S/C27H26Cl2N4O2S/c28-22-11-13-25(29)27(14-22)36(34,35)32-16-21-8-4-5-9-26(21)33(17-23-15-30-19-31-23)24(18-32)12-10-20-6-2-1-3-7-20/h1-9,11,13-15,19,24H,10,12,16-18H2,(H,30,31). The first-order chi connectivity index (χ1) is 17.4. The Labute approximate surface area is 221 Å². The first kappa shape index (κ1) is 24.8. The third-order valence-corrected chi connectivity index (χ3v) is 9.05. The van der Waals surface area contributed by atoms with E-state index in [0.717, 1.165) is 29.8 Å². The van der Waals surface area contributed by atoms with Gasteiger partial charge in [0.1, 0.15) is 4.90 Å². The Balaban J connectivity index is 1.56. The monoisotopic (exact) mass is 540 g/mol. The van der Waals surface area contributed by atoms with Gasteiger partial charge < -0.3 is 9.88 Å². The number of benzene rings is 3. The number of anilines is 1. The molecule has 4 aromatic rings. The van der Waals surface area contributed by atoms with Crippen molar-refractivity contribution in [3.63, 3.8) is 0 Å². The van der Waals surface area contributed by atoms with Crippen molar-refractivity contribution in [2.75, 3.05) is 11.4 Å². The minimum Gasteiger partial charge on any atom is -0.361 e. The van der Waals surface area contributed by atoms with Gasteiger partial charge in [0.2, 0.25) is 10.0 Å². The number of aromatic amines is 1. The van der Waals surface area contributed by atoms with Crippen molar-refractivity contribution < 1.29 is 8.42 Å². The van der Waals surface area contributed by atoms with Crippen LogP contribution in [0.25, 0.3) is 0 Å². The molecule has 0 amide bonds. The molecule has 3 aromatic carbocycles. The summed E-state index contributed by atoms with van der Waals surface area (Å²) in [4.78, 5) is 9.69. The zero-order valence-corrected chi connectivity index (χ0v) is 21.8. The van der Waals surface area contributed by atoms with Gasteiger partial charge in [0, 0.05) is 36.0 Å². The lowest BCUT2D eigenvalue weighted by Crippen LogP contribution is -2.43. The lowest BCUT2D eigenvalue weighted by Gasteiger charge is -2.34. The van der Waals surface area contributed by atoms with E-state index in [0.29, 0.717) is 18.1 Å². The van der Waals surface area contributed by atoms with Crippen molar-refractivity contribution in [1.29, 1.82) is 0 Å². The second kappa shape index (κ2) is 10.6. The highest BCUT2D eigenvalue weighted by Crippen LogP contribution is 2.35. The predicted molar refractivity (Wildman–Crippen MR) is 144 cm³/mol. The van der Waals surface area contributed by atoms with Crippen LogP contribution >= 0.6 is 23.2 Å². The maximum atomic E-state index is 13.9. The molecule has 9 heteroatoms. The Morgan fingerprint density at radius 1 is 1.00 bits per heavy atom. The summed E-state index contributed by atoms with van der Waals surface area (Å²) < 4.78 is 29.4. The number of halogens is 2. The van der Waals surface area contributed by atoms with Gasteiger partial charge in [0.25, 0.3) is 0 Å². The van der Waals surface area contributed by atoms with E-state index in [1.807, 2.05) is 42.6 Å². The van der Waals surface area contributed by atoms with Gasteiger partial charge in [-0.05, 0) is 48.2 Å². The molecule has 1 N–H and O–H groups in total. The molecule has 2 heterocycles. The largest absolute Gasteiger partial charge is 0.361 e. The average Bonchev–Trinajstić information content (AvgIpc) is 3.34. The zero-order valence-electron chi connectivity index (χ0n) is 19.5. The molecule has 0 saturated heterocycles. The molecule has 1 aliphatic heterocycles. The topological polar surface area (TPSA) is 69.3 Å². The van der Waals surface area contributed by atoms with Crippen LogP contribution < -0.4 is 4.90 Å². The highest BCUT2D eigenvalue weighted by atomic mass is 35.5. The fourth-order valence-corrected chi connectivity index (χ4v) is 6.89. The molecular formula is C27H26Cl2N4O2S. The molecule has 6 nitrogen and oxygen atoms in total. The predicted octanol–water partition coefficient (Wildman–Crippen LogP) is 5.93. The molecule has 1 aliphatic rings. The SMILES string of the molecule is O=S(=O)(c1cc(Cl)ccc1Cl)N1Cc2ccccc2N(Cc2cnc[nH]2)C(CCc2ccccc2)C1. The van der Waals surface area contributed by atoms with Crippen LogP contribution in [-0.4, -0.2) is 35.3 Å². The molecule has 0 fully saturated rings. The third-order valence-electron chi connectivity index (χ3n) is 6.52. The smallest absolute Gasteiger partial charge is 0.244 e. The molecule has 0 radical (unpaired) electrons. The molecule has 186 valence electrons. The molecule has 5 rings (SSSR count). The molecular weight excluding hydrogens is 515 g/mol. The number of hydrogen-bond acceptors (Lipinski definition) is 4. The number of hydrogen-bond donors (Lipinski definition) is 1. The van der Waals surface area contributed by atoms with E-state index in [1.165, 1.54) is 22.0 Å². The number of fused-ring (bicyclic) bond motifs is 1. The van der Waals surface area contributed by atoms with Crippen LogP contribution in [0.5, 0.6) is 0 Å². The summed E-state index contributed by atoms with van der Waals surface area (Å²) >= 11 is 12.5. The number of imidazole rings is 1. The van der Waals surface area contributed by atoms with E-state index in [-0.39, 0.29) is 22.5 Å². The van der Waals surface area contributed by atoms with Crippen LogP contribution in [0.15, 0.2) is 90.2 Å². The van der Waals surface area contributed by atoms with Crippen molar-refractivity contribution >= 4 is 38.9 Å². The first-order valence-corrected chi connectivity index (χ1v) is 13.9.